The minimum Gasteiger partial charge on any atom is -0.309 e. The van der Waals surface area contributed by atoms with E-state index in [0.29, 0.717) is 11.8 Å². The van der Waals surface area contributed by atoms with Crippen molar-refractivity contribution in [3.8, 4) is 22.5 Å². The minimum atomic E-state index is 0.273. The van der Waals surface area contributed by atoms with Gasteiger partial charge in [-0.1, -0.05) is 125 Å². The van der Waals surface area contributed by atoms with Gasteiger partial charge in [-0.15, -0.1) is 0 Å². The van der Waals surface area contributed by atoms with Gasteiger partial charge in [0.1, 0.15) is 0 Å². The van der Waals surface area contributed by atoms with Crippen LogP contribution in [0.4, 0.5) is 0 Å². The fourth-order valence-corrected chi connectivity index (χ4v) is 12.7. The number of benzene rings is 6. The average Bonchev–Trinajstić information content (AvgIpc) is 3.88. The molecule has 0 N–H and O–H groups in total. The summed E-state index contributed by atoms with van der Waals surface area (Å²) in [5, 5.41) is 5.28. The Morgan fingerprint density at radius 1 is 0.455 bits per heavy atom. The van der Waals surface area contributed by atoms with Crippen LogP contribution in [0.3, 0.4) is 0 Å². The molecule has 0 saturated carbocycles. The van der Waals surface area contributed by atoms with Gasteiger partial charge >= 0.3 is 0 Å². The lowest BCUT2D eigenvalue weighted by molar-refractivity contribution is 0.584. The van der Waals surface area contributed by atoms with Gasteiger partial charge in [0, 0.05) is 67.3 Å². The Morgan fingerprint density at radius 3 is 1.33 bits per heavy atom. The quantitative estimate of drug-likeness (QED) is 0.169. The summed E-state index contributed by atoms with van der Waals surface area (Å²) in [6, 6.07) is 41.6. The van der Waals surface area contributed by atoms with Crippen LogP contribution < -0.4 is 0 Å². The molecule has 6 unspecified atom stereocenters. The molecule has 0 spiro atoms. The van der Waals surface area contributed by atoms with E-state index in [-0.39, 0.29) is 23.7 Å². The van der Waals surface area contributed by atoms with Crippen molar-refractivity contribution in [1.29, 1.82) is 0 Å². The second-order valence-electron chi connectivity index (χ2n) is 19.7. The number of para-hydroxylation sites is 2. The zero-order valence-electron chi connectivity index (χ0n) is 37.8. The highest BCUT2D eigenvalue weighted by molar-refractivity contribution is 6.17. The van der Waals surface area contributed by atoms with E-state index in [9.17, 15) is 0 Å². The average molecular weight is 851 g/mol. The molecule has 14 rings (SSSR count). The first kappa shape index (κ1) is 38.0. The molecule has 6 atom stereocenters. The normalized spacial score (nSPS) is 23.5. The van der Waals surface area contributed by atoms with Crippen molar-refractivity contribution in [2.75, 3.05) is 0 Å². The Kier molecular flexibility index (Phi) is 8.12. The molecule has 6 aliphatic rings. The number of nitrogens with zero attached hydrogens (tertiary/aromatic N) is 4. The molecule has 0 fully saturated rings. The smallest absolute Gasteiger partial charge is 0.0666 e. The summed E-state index contributed by atoms with van der Waals surface area (Å²) in [6.45, 7) is 9.99. The highest BCUT2D eigenvalue weighted by Gasteiger charge is 2.42. The monoisotopic (exact) mass is 850 g/mol. The number of rotatable bonds is 4. The Labute approximate surface area is 385 Å². The van der Waals surface area contributed by atoms with Crippen molar-refractivity contribution in [2.45, 2.75) is 64.2 Å². The Balaban J connectivity index is 1.06. The first-order chi connectivity index (χ1) is 32.4. The van der Waals surface area contributed by atoms with E-state index in [1.165, 1.54) is 99.5 Å². The zero-order valence-corrected chi connectivity index (χ0v) is 37.8. The molecule has 318 valence electrons. The van der Waals surface area contributed by atoms with Gasteiger partial charge in [-0.25, -0.2) is 0 Å². The van der Waals surface area contributed by atoms with Gasteiger partial charge in [-0.2, -0.15) is 0 Å². The predicted octanol–water partition coefficient (Wildman–Crippen LogP) is 15.8. The van der Waals surface area contributed by atoms with Gasteiger partial charge in [0.2, 0.25) is 0 Å². The van der Waals surface area contributed by atoms with E-state index < -0.39 is 0 Å². The van der Waals surface area contributed by atoms with Gasteiger partial charge in [0.05, 0.1) is 33.5 Å². The molecule has 0 radical (unpaired) electrons. The van der Waals surface area contributed by atoms with Crippen LogP contribution in [0.25, 0.3) is 77.5 Å². The van der Waals surface area contributed by atoms with Crippen molar-refractivity contribution in [3.05, 3.63) is 203 Å². The second-order valence-corrected chi connectivity index (χ2v) is 19.7. The summed E-state index contributed by atoms with van der Waals surface area (Å²) >= 11 is 0. The molecule has 0 amide bonds. The lowest BCUT2D eigenvalue weighted by Crippen LogP contribution is -2.24. The second kappa shape index (κ2) is 14.1. The van der Waals surface area contributed by atoms with Crippen LogP contribution in [0.2, 0.25) is 0 Å². The largest absolute Gasteiger partial charge is 0.309 e. The van der Waals surface area contributed by atoms with Crippen LogP contribution in [0, 0.1) is 11.8 Å². The summed E-state index contributed by atoms with van der Waals surface area (Å²) in [5.41, 5.74) is 23.3. The molecular formula is C62H50N4. The van der Waals surface area contributed by atoms with Crippen LogP contribution in [0.15, 0.2) is 180 Å². The number of hydrogen-bond acceptors (Lipinski definition) is 2. The molecule has 8 aromatic rings. The lowest BCUT2D eigenvalue weighted by atomic mass is 9.62. The molecule has 4 heteroatoms. The number of aromatic nitrogens is 2. The topological polar surface area (TPSA) is 34.6 Å². The van der Waals surface area contributed by atoms with Crippen molar-refractivity contribution >= 4 is 66.4 Å². The Hall–Kier alpha value is -7.30. The molecule has 66 heavy (non-hydrogen) atoms. The third-order valence-corrected chi connectivity index (χ3v) is 16.3. The molecule has 4 aliphatic carbocycles. The number of aliphatic imine (C=N–C) groups is 2. The number of hydrogen-bond donors (Lipinski definition) is 0. The predicted molar refractivity (Wildman–Crippen MR) is 278 cm³/mol. The van der Waals surface area contributed by atoms with E-state index in [2.05, 4.69) is 207 Å². The maximum absolute atomic E-state index is 5.24. The van der Waals surface area contributed by atoms with E-state index in [0.717, 1.165) is 35.7 Å². The van der Waals surface area contributed by atoms with E-state index in [1.807, 2.05) is 0 Å². The standard InChI is InChI=1S/C62H50N4/c1-35-37(3)57-60-46(34-50-48-32-42(54-28-24-40-16-12-14-22-52(40)64-54)26-30-56(48)65(61(50)57)43-17-7-5-8-18-43)36(2)38(4)58-59(60)45(35)33-49-47-31-41(53-27-23-39-15-11-13-21-51(39)63-53)25-29-55(47)66(62(49)58)44-19-9-6-10-20-44/h5-22,25-40H,23-24H2,1-4H3. The Bertz CT molecular complexity index is 3460. The van der Waals surface area contributed by atoms with Crippen molar-refractivity contribution in [2.24, 2.45) is 21.8 Å². The first-order valence-corrected chi connectivity index (χ1v) is 24.1. The molecule has 2 aliphatic heterocycles. The summed E-state index contributed by atoms with van der Waals surface area (Å²) in [4.78, 5) is 10.5. The SMILES string of the molecule is CC1c2cc3c4cc(C5=CCC6C=CC=CC6=N5)ccc4n(-c4ccccc4)c3c3c2-c2c(cc4c5cc(C6=CCC7C=CC=CC7=N6)ccc5n(-c5ccccc5)c4c2C1C)C(C)C3C. The van der Waals surface area contributed by atoms with E-state index in [4.69, 9.17) is 9.98 Å². The molecule has 0 saturated heterocycles. The molecule has 0 bridgehead atoms. The minimum absolute atomic E-state index is 0.273. The van der Waals surface area contributed by atoms with Crippen LogP contribution in [-0.4, -0.2) is 20.6 Å². The zero-order chi connectivity index (χ0) is 43.9. The maximum Gasteiger partial charge on any atom is 0.0666 e. The molecular weight excluding hydrogens is 801 g/mol. The fraction of sp³-hybridized carbons (Fsp3) is 0.194. The van der Waals surface area contributed by atoms with Gasteiger partial charge in [0.15, 0.2) is 0 Å². The molecule has 4 heterocycles. The highest BCUT2D eigenvalue weighted by atomic mass is 15.0. The highest BCUT2D eigenvalue weighted by Crippen LogP contribution is 2.61. The third kappa shape index (κ3) is 5.27. The fourth-order valence-electron chi connectivity index (χ4n) is 12.7. The van der Waals surface area contributed by atoms with Crippen LogP contribution in [0.5, 0.6) is 0 Å². The third-order valence-electron chi connectivity index (χ3n) is 16.3. The van der Waals surface area contributed by atoms with Gasteiger partial charge in [-0.05, 0) is 143 Å². The molecule has 4 nitrogen and oxygen atoms in total. The van der Waals surface area contributed by atoms with Gasteiger partial charge in [0.25, 0.3) is 0 Å². The van der Waals surface area contributed by atoms with Gasteiger partial charge < -0.3 is 9.13 Å². The van der Waals surface area contributed by atoms with Crippen LogP contribution in [-0.2, 0) is 0 Å². The summed E-state index contributed by atoms with van der Waals surface area (Å²) in [6.07, 6.45) is 24.1. The van der Waals surface area contributed by atoms with E-state index >= 15 is 0 Å². The van der Waals surface area contributed by atoms with Crippen molar-refractivity contribution < 1.29 is 0 Å². The molecule has 6 aromatic carbocycles. The summed E-state index contributed by atoms with van der Waals surface area (Å²) in [7, 11) is 0. The summed E-state index contributed by atoms with van der Waals surface area (Å²) < 4.78 is 5.16. The van der Waals surface area contributed by atoms with E-state index in [1.54, 1.807) is 0 Å². The van der Waals surface area contributed by atoms with Crippen LogP contribution in [0.1, 0.15) is 97.6 Å². The van der Waals surface area contributed by atoms with Gasteiger partial charge in [-0.3, -0.25) is 9.98 Å². The number of allylic oxidation sites excluding steroid dienone is 10. The van der Waals surface area contributed by atoms with Crippen LogP contribution >= 0.6 is 0 Å². The first-order valence-electron chi connectivity index (χ1n) is 24.1. The lowest BCUT2D eigenvalue weighted by Gasteiger charge is -2.42. The van der Waals surface area contributed by atoms with Crippen molar-refractivity contribution in [3.63, 3.8) is 0 Å². The Morgan fingerprint density at radius 2 is 0.894 bits per heavy atom. The summed E-state index contributed by atoms with van der Waals surface area (Å²) in [5.74, 6) is 1.85. The van der Waals surface area contributed by atoms with Crippen molar-refractivity contribution in [1.82, 2.24) is 9.13 Å². The maximum atomic E-state index is 5.24. The molecule has 2 aromatic heterocycles. The number of fused-ring (bicyclic) bond motifs is 10.